The summed E-state index contributed by atoms with van der Waals surface area (Å²) < 4.78 is 6.51. The second-order valence-corrected chi connectivity index (χ2v) is 7.28. The van der Waals surface area contributed by atoms with Crippen molar-refractivity contribution in [1.29, 1.82) is 0 Å². The molecular weight excluding hydrogens is 398 g/mol. The van der Waals surface area contributed by atoms with Crippen molar-refractivity contribution < 1.29 is 18.8 Å². The highest BCUT2D eigenvalue weighted by molar-refractivity contribution is 6.03. The van der Waals surface area contributed by atoms with Crippen LogP contribution in [0.4, 0.5) is 5.69 Å². The summed E-state index contributed by atoms with van der Waals surface area (Å²) in [5.74, 6) is -0.488. The van der Waals surface area contributed by atoms with Gasteiger partial charge in [0.2, 0.25) is 5.91 Å². The summed E-state index contributed by atoms with van der Waals surface area (Å²) in [6.45, 7) is 5.41. The molecule has 2 aromatic heterocycles. The highest BCUT2D eigenvalue weighted by Gasteiger charge is 2.33. The van der Waals surface area contributed by atoms with E-state index in [1.165, 1.54) is 18.7 Å². The van der Waals surface area contributed by atoms with Crippen molar-refractivity contribution >= 4 is 23.4 Å². The Hall–Kier alpha value is -3.88. The zero-order chi connectivity index (χ0) is 22.0. The summed E-state index contributed by atoms with van der Waals surface area (Å²) in [4.78, 5) is 40.8. The molecule has 1 saturated heterocycles. The average Bonchev–Trinajstić information content (AvgIpc) is 3.48. The van der Waals surface area contributed by atoms with E-state index in [2.05, 4.69) is 10.4 Å². The average molecular weight is 421 g/mol. The fraction of sp³-hybridized carbons (Fsp3) is 0.273. The first-order valence-corrected chi connectivity index (χ1v) is 10.1. The van der Waals surface area contributed by atoms with Crippen molar-refractivity contribution in [3.8, 4) is 5.69 Å². The molecule has 3 aromatic rings. The Morgan fingerprint density at radius 1 is 1.16 bits per heavy atom. The number of carbonyl (C=O) groups excluding carboxylic acids is 3. The molecule has 9 nitrogen and oxygen atoms in total. The molecule has 0 saturated carbocycles. The lowest BCUT2D eigenvalue weighted by Crippen LogP contribution is -2.57. The van der Waals surface area contributed by atoms with Gasteiger partial charge in [-0.15, -0.1) is 0 Å². The SMILES string of the molecule is CCN1CCN(C(=O)c2ccc(-n3cc(NC(=O)c4ccoc4)cn3)cc2)[C@@H](C)C1=O. The maximum Gasteiger partial charge on any atom is 0.259 e. The second-order valence-electron chi connectivity index (χ2n) is 7.28. The van der Waals surface area contributed by atoms with Crippen LogP contribution in [0.1, 0.15) is 34.6 Å². The predicted octanol–water partition coefficient (Wildman–Crippen LogP) is 2.41. The molecule has 31 heavy (non-hydrogen) atoms. The van der Waals surface area contributed by atoms with Gasteiger partial charge in [0, 0.05) is 25.2 Å². The number of likely N-dealkylation sites (N-methyl/N-ethyl adjacent to an activating group) is 1. The van der Waals surface area contributed by atoms with Crippen LogP contribution in [0, 0.1) is 0 Å². The molecule has 3 amide bonds. The number of nitrogens with one attached hydrogen (secondary N) is 1. The van der Waals surface area contributed by atoms with Gasteiger partial charge in [-0.3, -0.25) is 14.4 Å². The Morgan fingerprint density at radius 3 is 2.61 bits per heavy atom. The van der Waals surface area contributed by atoms with Gasteiger partial charge in [0.1, 0.15) is 12.3 Å². The van der Waals surface area contributed by atoms with E-state index in [1.807, 2.05) is 6.92 Å². The van der Waals surface area contributed by atoms with Gasteiger partial charge >= 0.3 is 0 Å². The lowest BCUT2D eigenvalue weighted by molar-refractivity contribution is -0.139. The van der Waals surface area contributed by atoms with E-state index in [4.69, 9.17) is 4.42 Å². The van der Waals surface area contributed by atoms with Crippen LogP contribution >= 0.6 is 0 Å². The minimum Gasteiger partial charge on any atom is -0.472 e. The summed E-state index contributed by atoms with van der Waals surface area (Å²) in [5.41, 5.74) is 2.20. The van der Waals surface area contributed by atoms with Crippen LogP contribution in [0.15, 0.2) is 59.7 Å². The minimum absolute atomic E-state index is 0.0275. The number of aromatic nitrogens is 2. The van der Waals surface area contributed by atoms with Crippen molar-refractivity contribution in [3.63, 3.8) is 0 Å². The zero-order valence-electron chi connectivity index (χ0n) is 17.3. The third kappa shape index (κ3) is 4.07. The smallest absolute Gasteiger partial charge is 0.259 e. The van der Waals surface area contributed by atoms with Gasteiger partial charge in [-0.25, -0.2) is 4.68 Å². The molecule has 1 aromatic carbocycles. The topological polar surface area (TPSA) is 101 Å². The molecule has 3 heterocycles. The summed E-state index contributed by atoms with van der Waals surface area (Å²) in [5, 5.41) is 7.00. The molecule has 1 N–H and O–H groups in total. The van der Waals surface area contributed by atoms with E-state index in [0.29, 0.717) is 36.4 Å². The van der Waals surface area contributed by atoms with Crippen molar-refractivity contribution in [2.45, 2.75) is 19.9 Å². The highest BCUT2D eigenvalue weighted by atomic mass is 16.3. The summed E-state index contributed by atoms with van der Waals surface area (Å²) >= 11 is 0. The Balaban J connectivity index is 1.44. The Labute approximate surface area is 179 Å². The molecule has 0 spiro atoms. The lowest BCUT2D eigenvalue weighted by atomic mass is 10.1. The van der Waals surface area contributed by atoms with Crippen LogP contribution in [0.2, 0.25) is 0 Å². The minimum atomic E-state index is -0.478. The van der Waals surface area contributed by atoms with E-state index in [9.17, 15) is 14.4 Å². The standard InChI is InChI=1S/C22H23N5O4/c1-3-25-9-10-26(15(2)21(25)29)22(30)16-4-6-19(7-5-16)27-13-18(12-23-27)24-20(28)17-8-11-31-14-17/h4-8,11-15H,3,9-10H2,1-2H3,(H,24,28)/t15-/m0/s1. The van der Waals surface area contributed by atoms with Gasteiger partial charge in [0.05, 0.1) is 35.6 Å². The summed E-state index contributed by atoms with van der Waals surface area (Å²) in [7, 11) is 0. The monoisotopic (exact) mass is 421 g/mol. The number of amides is 3. The van der Waals surface area contributed by atoms with Gasteiger partial charge in [0.15, 0.2) is 0 Å². The lowest BCUT2D eigenvalue weighted by Gasteiger charge is -2.38. The molecule has 160 valence electrons. The Morgan fingerprint density at radius 2 is 1.94 bits per heavy atom. The molecule has 0 unspecified atom stereocenters. The maximum absolute atomic E-state index is 12.9. The molecule has 0 bridgehead atoms. The number of carbonyl (C=O) groups is 3. The number of benzene rings is 1. The van der Waals surface area contributed by atoms with Crippen molar-refractivity contribution in [2.24, 2.45) is 0 Å². The Bertz CT molecular complexity index is 1090. The van der Waals surface area contributed by atoms with Gasteiger partial charge in [-0.1, -0.05) is 0 Å². The van der Waals surface area contributed by atoms with Crippen molar-refractivity contribution in [3.05, 3.63) is 66.4 Å². The number of piperazine rings is 1. The predicted molar refractivity (Wildman–Crippen MR) is 113 cm³/mol. The molecule has 1 aliphatic heterocycles. The third-order valence-corrected chi connectivity index (χ3v) is 5.39. The quantitative estimate of drug-likeness (QED) is 0.682. The summed E-state index contributed by atoms with van der Waals surface area (Å²) in [6.07, 6.45) is 6.02. The molecular formula is C22H23N5O4. The molecule has 1 aliphatic rings. The number of furan rings is 1. The fourth-order valence-electron chi connectivity index (χ4n) is 3.57. The molecule has 9 heteroatoms. The number of rotatable bonds is 5. The third-order valence-electron chi connectivity index (χ3n) is 5.39. The molecule has 0 aliphatic carbocycles. The highest BCUT2D eigenvalue weighted by Crippen LogP contribution is 2.18. The molecule has 1 fully saturated rings. The number of hydrogen-bond acceptors (Lipinski definition) is 5. The van der Waals surface area contributed by atoms with Crippen LogP contribution in [0.25, 0.3) is 5.69 Å². The number of nitrogens with zero attached hydrogens (tertiary/aromatic N) is 4. The molecule has 1 atom stereocenters. The van der Waals surface area contributed by atoms with Crippen molar-refractivity contribution in [1.82, 2.24) is 19.6 Å². The molecule has 4 rings (SSSR count). The first-order valence-electron chi connectivity index (χ1n) is 10.1. The maximum atomic E-state index is 12.9. The first-order chi connectivity index (χ1) is 15.0. The van der Waals surface area contributed by atoms with Crippen LogP contribution in [-0.2, 0) is 4.79 Å². The van der Waals surface area contributed by atoms with Gasteiger partial charge < -0.3 is 19.5 Å². The van der Waals surface area contributed by atoms with Gasteiger partial charge in [-0.05, 0) is 44.2 Å². The van der Waals surface area contributed by atoms with E-state index < -0.39 is 6.04 Å². The van der Waals surface area contributed by atoms with Crippen LogP contribution < -0.4 is 5.32 Å². The van der Waals surface area contributed by atoms with Gasteiger partial charge in [0.25, 0.3) is 11.8 Å². The largest absolute Gasteiger partial charge is 0.472 e. The van der Waals surface area contributed by atoms with E-state index in [0.717, 1.165) is 5.69 Å². The normalized spacial score (nSPS) is 16.5. The van der Waals surface area contributed by atoms with Crippen LogP contribution in [-0.4, -0.2) is 63.0 Å². The Kier molecular flexibility index (Phi) is 5.57. The van der Waals surface area contributed by atoms with Crippen molar-refractivity contribution in [2.75, 3.05) is 25.0 Å². The van der Waals surface area contributed by atoms with E-state index in [-0.39, 0.29) is 17.7 Å². The van der Waals surface area contributed by atoms with E-state index >= 15 is 0 Å². The molecule has 0 radical (unpaired) electrons. The van der Waals surface area contributed by atoms with Crippen LogP contribution in [0.5, 0.6) is 0 Å². The second kappa shape index (κ2) is 8.47. The first kappa shape index (κ1) is 20.4. The number of hydrogen-bond donors (Lipinski definition) is 1. The van der Waals surface area contributed by atoms with E-state index in [1.54, 1.807) is 57.9 Å². The fourth-order valence-corrected chi connectivity index (χ4v) is 3.57. The van der Waals surface area contributed by atoms with Gasteiger partial charge in [-0.2, -0.15) is 5.10 Å². The van der Waals surface area contributed by atoms with Crippen LogP contribution in [0.3, 0.4) is 0 Å². The summed E-state index contributed by atoms with van der Waals surface area (Å²) in [6, 6.07) is 8.08. The zero-order valence-corrected chi connectivity index (χ0v) is 17.3. The number of anilines is 1.